The second-order valence-electron chi connectivity index (χ2n) is 20.3. The van der Waals surface area contributed by atoms with Gasteiger partial charge in [0, 0.05) is 68.0 Å². The van der Waals surface area contributed by atoms with E-state index in [2.05, 4.69) is 25.8 Å². The number of carbonyl (C=O) groups is 6. The van der Waals surface area contributed by atoms with E-state index in [-0.39, 0.29) is 76.6 Å². The van der Waals surface area contributed by atoms with Crippen molar-refractivity contribution in [2.75, 3.05) is 103 Å². The number of nitrogens with zero attached hydrogens (tertiary/aromatic N) is 6. The van der Waals surface area contributed by atoms with E-state index < -0.39 is 53.2 Å². The molecule has 4 aliphatic rings. The molecular weight excluding hydrogens is 1090 g/mol. The Morgan fingerprint density at radius 1 is 0.815 bits per heavy atom. The first-order chi connectivity index (χ1) is 39.0. The number of thioether (sulfide) groups is 1. The van der Waals surface area contributed by atoms with Crippen LogP contribution in [-0.4, -0.2) is 181 Å². The first-order valence-electron chi connectivity index (χ1n) is 27.2. The van der Waals surface area contributed by atoms with Gasteiger partial charge in [-0.05, 0) is 132 Å². The summed E-state index contributed by atoms with van der Waals surface area (Å²) in [4.78, 5) is 96.8. The number of likely N-dealkylation sites (tertiary alicyclic amines) is 2. The highest BCUT2D eigenvalue weighted by atomic mass is 35.5. The molecule has 0 saturated carbocycles. The van der Waals surface area contributed by atoms with Crippen molar-refractivity contribution < 1.29 is 56.1 Å². The molecule has 3 aromatic carbocycles. The Kier molecular flexibility index (Phi) is 21.2. The highest BCUT2D eigenvalue weighted by molar-refractivity contribution is 8.14. The van der Waals surface area contributed by atoms with Crippen molar-refractivity contribution in [3.63, 3.8) is 0 Å². The third kappa shape index (κ3) is 15.5. The van der Waals surface area contributed by atoms with Gasteiger partial charge < -0.3 is 55.5 Å². The molecule has 3 fully saturated rings. The van der Waals surface area contributed by atoms with E-state index in [1.165, 1.54) is 55.2 Å². The van der Waals surface area contributed by atoms with Gasteiger partial charge in [-0.2, -0.15) is 0 Å². The number of pyridine rings is 1. The predicted molar refractivity (Wildman–Crippen MR) is 301 cm³/mol. The van der Waals surface area contributed by atoms with Gasteiger partial charge in [0.2, 0.25) is 17.7 Å². The smallest absolute Gasteiger partial charge is 0.257 e. The second kappa shape index (κ2) is 28.4. The van der Waals surface area contributed by atoms with Crippen molar-refractivity contribution in [2.45, 2.75) is 76.2 Å². The van der Waals surface area contributed by atoms with Gasteiger partial charge in [0.05, 0.1) is 66.1 Å². The maximum Gasteiger partial charge on any atom is 0.257 e. The van der Waals surface area contributed by atoms with Crippen LogP contribution in [0.2, 0.25) is 5.02 Å². The molecule has 8 rings (SSSR count). The number of aromatic nitrogens is 1. The molecule has 3 saturated heterocycles. The van der Waals surface area contributed by atoms with E-state index in [9.17, 15) is 41.9 Å². The van der Waals surface area contributed by atoms with E-state index in [0.717, 1.165) is 36.7 Å². The monoisotopic (exact) mass is 1160 g/mol. The van der Waals surface area contributed by atoms with E-state index >= 15 is 0 Å². The average molecular weight is 1160 g/mol. The quantitative estimate of drug-likeness (QED) is 0.0378. The van der Waals surface area contributed by atoms with Crippen molar-refractivity contribution in [3.05, 3.63) is 118 Å². The lowest BCUT2D eigenvalue weighted by Crippen LogP contribution is -2.58. The summed E-state index contributed by atoms with van der Waals surface area (Å²) in [6.07, 6.45) is 3.13. The zero-order valence-electron chi connectivity index (χ0n) is 45.5. The number of hydrogen-bond donors (Lipinski definition) is 4. The molecule has 1 aromatic heterocycles. The molecule has 434 valence electrons. The molecule has 24 heteroatoms. The molecule has 5 atom stereocenters. The number of nitrogen functional groups attached to an aromatic ring is 1. The largest absolute Gasteiger partial charge is 0.482 e. The summed E-state index contributed by atoms with van der Waals surface area (Å²) in [6, 6.07) is 13.1. The number of carbonyl (C=O) groups excluding carboxylic acids is 6. The minimum atomic E-state index is -1.16. The van der Waals surface area contributed by atoms with Gasteiger partial charge in [-0.1, -0.05) is 11.6 Å². The third-order valence-electron chi connectivity index (χ3n) is 15.0. The minimum absolute atomic E-state index is 0.0535. The molecule has 4 aromatic rings. The van der Waals surface area contributed by atoms with Crippen molar-refractivity contribution in [1.82, 2.24) is 35.2 Å². The maximum absolute atomic E-state index is 14.6. The van der Waals surface area contributed by atoms with Crippen LogP contribution in [0.1, 0.15) is 88.7 Å². The van der Waals surface area contributed by atoms with Crippen LogP contribution in [0.25, 0.3) is 0 Å². The first-order valence-corrected chi connectivity index (χ1v) is 28.6. The number of Topliss-reactive ketones (excluding diaryl/α,β-unsaturated/α-hetero) is 1. The average Bonchev–Trinajstić information content (AvgIpc) is 4.25. The topological polar surface area (TPSA) is 230 Å². The lowest BCUT2D eigenvalue weighted by atomic mass is 9.88. The summed E-state index contributed by atoms with van der Waals surface area (Å²) in [5.74, 6) is -3.51. The number of likely N-dealkylation sites (N-methyl/N-ethyl adjacent to an activating group) is 1. The number of nitrogens with one attached hydrogen (secondary N) is 3. The third-order valence-corrected chi connectivity index (χ3v) is 16.5. The molecule has 0 radical (unpaired) electrons. The Labute approximate surface area is 477 Å². The fourth-order valence-electron chi connectivity index (χ4n) is 10.2. The van der Waals surface area contributed by atoms with Crippen LogP contribution in [0.5, 0.6) is 5.75 Å². The number of halogens is 4. The molecular formula is C57H68ClF3N10O9S. The zero-order chi connectivity index (χ0) is 57.7. The Morgan fingerprint density at radius 3 is 2.20 bits per heavy atom. The minimum Gasteiger partial charge on any atom is -0.482 e. The number of amides is 5. The van der Waals surface area contributed by atoms with Gasteiger partial charge in [0.15, 0.2) is 23.2 Å². The van der Waals surface area contributed by atoms with Crippen molar-refractivity contribution in [3.8, 4) is 5.75 Å². The molecule has 4 aliphatic heterocycles. The van der Waals surface area contributed by atoms with Crippen LogP contribution in [0.3, 0.4) is 0 Å². The number of ether oxygens (including phenoxy) is 3. The molecule has 5 amide bonds. The van der Waals surface area contributed by atoms with Gasteiger partial charge in [-0.25, -0.2) is 18.2 Å². The van der Waals surface area contributed by atoms with Gasteiger partial charge in [-0.3, -0.25) is 33.8 Å². The first kappa shape index (κ1) is 60.5. The SMILES string of the molecule is CN[C@H](C)C(=O)N[C@@H](C(=O)N1CCC[C@@H]1C1=NC(C(=O)c2ccc(F)cc2)CS1)C1CCN(CCOCCOCCC(=O)N2CCN(C(=O)c3ccc(NC(=O)c4cnc(N)c(O[C@H](C)c5c(F)ccc(Cl)c5F)c4)cc3)CC2)CC1. The zero-order valence-corrected chi connectivity index (χ0v) is 47.0. The normalized spacial score (nSPS) is 19.0. The van der Waals surface area contributed by atoms with Crippen molar-refractivity contribution in [2.24, 2.45) is 10.9 Å². The number of ketones is 1. The highest BCUT2D eigenvalue weighted by Gasteiger charge is 2.43. The summed E-state index contributed by atoms with van der Waals surface area (Å²) in [6.45, 7) is 8.58. The fourth-order valence-corrected chi connectivity index (χ4v) is 11.6. The van der Waals surface area contributed by atoms with E-state index in [1.807, 2.05) is 4.90 Å². The van der Waals surface area contributed by atoms with Crippen LogP contribution in [0.15, 0.2) is 77.9 Å². The van der Waals surface area contributed by atoms with Crippen LogP contribution in [0, 0.1) is 23.4 Å². The lowest BCUT2D eigenvalue weighted by Gasteiger charge is -2.38. The molecule has 5 N–H and O–H groups in total. The highest BCUT2D eigenvalue weighted by Crippen LogP contribution is 2.34. The molecule has 0 spiro atoms. The molecule has 0 aliphatic carbocycles. The lowest BCUT2D eigenvalue weighted by molar-refractivity contribution is -0.138. The van der Waals surface area contributed by atoms with Crippen LogP contribution >= 0.6 is 23.4 Å². The molecule has 19 nitrogen and oxygen atoms in total. The summed E-state index contributed by atoms with van der Waals surface area (Å²) in [7, 11) is 1.70. The molecule has 81 heavy (non-hydrogen) atoms. The second-order valence-corrected chi connectivity index (χ2v) is 21.8. The Morgan fingerprint density at radius 2 is 1.49 bits per heavy atom. The number of piperidine rings is 1. The van der Waals surface area contributed by atoms with Gasteiger partial charge in [0.25, 0.3) is 11.8 Å². The number of piperazine rings is 1. The summed E-state index contributed by atoms with van der Waals surface area (Å²) in [5, 5.41) is 9.23. The Bertz CT molecular complexity index is 2930. The number of benzene rings is 3. The number of rotatable bonds is 23. The number of anilines is 2. The van der Waals surface area contributed by atoms with E-state index in [0.29, 0.717) is 101 Å². The summed E-state index contributed by atoms with van der Waals surface area (Å²) in [5.41, 5.74) is 6.77. The molecule has 5 heterocycles. The van der Waals surface area contributed by atoms with Gasteiger partial charge >= 0.3 is 0 Å². The molecule has 0 bridgehead atoms. The number of hydrogen-bond acceptors (Lipinski definition) is 15. The Balaban J connectivity index is 0.702. The van der Waals surface area contributed by atoms with E-state index in [1.54, 1.807) is 48.0 Å². The van der Waals surface area contributed by atoms with E-state index in [4.69, 9.17) is 36.5 Å². The fraction of sp³-hybridized carbons (Fsp3) is 0.474. The van der Waals surface area contributed by atoms with Crippen molar-refractivity contribution >= 4 is 75.2 Å². The van der Waals surface area contributed by atoms with Crippen LogP contribution in [0.4, 0.5) is 24.7 Å². The molecule has 1 unspecified atom stereocenters. The van der Waals surface area contributed by atoms with Gasteiger partial charge in [0.1, 0.15) is 29.8 Å². The standard InChI is InChI=1S/C57H68ClF3N10O9S/c1-34(63-3)53(74)67-50(57(77)71-19-4-5-45(71)55-66-44(33-81-55)51(73)37-6-10-40(59)11-7-37)36-16-20-68(21-17-36)26-28-79-30-29-78-27-18-47(72)69-22-24-70(25-23-69)56(76)38-8-12-41(13-9-38)65-54(75)39-31-46(52(62)64-32-39)80-35(2)48-43(60)15-14-42(58)49(48)61/h6-15,31-32,34-36,44-45,50,63H,4-5,16-30,33H2,1-3H3,(H2,62,64)(H,65,75)(H,67,74)/t34-,35-,44?,45-,50-/m1/s1. The number of nitrogens with two attached hydrogens (primary N) is 1. The van der Waals surface area contributed by atoms with Crippen molar-refractivity contribution in [1.29, 1.82) is 0 Å². The summed E-state index contributed by atoms with van der Waals surface area (Å²) < 4.78 is 59.9. The summed E-state index contributed by atoms with van der Waals surface area (Å²) >= 11 is 7.32. The Hall–Kier alpha value is -6.63. The van der Waals surface area contributed by atoms with Crippen LogP contribution in [-0.2, 0) is 23.9 Å². The predicted octanol–water partition coefficient (Wildman–Crippen LogP) is 6.03. The van der Waals surface area contributed by atoms with Crippen LogP contribution < -0.4 is 26.4 Å². The maximum atomic E-state index is 14.6. The van der Waals surface area contributed by atoms with Gasteiger partial charge in [-0.15, -0.1) is 11.8 Å². The number of aliphatic imine (C=N–C) groups is 1.